The second kappa shape index (κ2) is 5.23. The van der Waals surface area contributed by atoms with Crippen molar-refractivity contribution in [3.8, 4) is 0 Å². The number of aliphatic hydroxyl groups excluding tert-OH is 1. The lowest BCUT2D eigenvalue weighted by atomic mass is 10.2. The van der Waals surface area contributed by atoms with Gasteiger partial charge >= 0.3 is 6.18 Å². The average molecular weight is 231 g/mol. The second-order valence-electron chi connectivity index (χ2n) is 3.40. The zero-order chi connectivity index (χ0) is 11.5. The lowest BCUT2D eigenvalue weighted by Gasteiger charge is -2.27. The monoisotopic (exact) mass is 231 g/mol. The van der Waals surface area contributed by atoms with Gasteiger partial charge < -0.3 is 10.8 Å². The van der Waals surface area contributed by atoms with E-state index in [1.165, 1.54) is 13.8 Å². The van der Waals surface area contributed by atoms with Crippen LogP contribution >= 0.6 is 11.8 Å². The number of hydrogen-bond donors (Lipinski definition) is 2. The summed E-state index contributed by atoms with van der Waals surface area (Å²) in [5, 5.41) is 6.99. The van der Waals surface area contributed by atoms with E-state index in [1.54, 1.807) is 6.92 Å². The summed E-state index contributed by atoms with van der Waals surface area (Å²) in [6, 6.07) is -0.971. The molecule has 4 atom stereocenters. The van der Waals surface area contributed by atoms with Gasteiger partial charge in [-0.15, -0.1) is 11.8 Å². The molecule has 0 aromatic heterocycles. The van der Waals surface area contributed by atoms with Crippen LogP contribution in [0.25, 0.3) is 0 Å². The van der Waals surface area contributed by atoms with Crippen LogP contribution in [0.4, 0.5) is 13.2 Å². The summed E-state index contributed by atoms with van der Waals surface area (Å²) >= 11 is 0.668. The molecule has 0 saturated carbocycles. The van der Waals surface area contributed by atoms with Crippen LogP contribution in [-0.2, 0) is 0 Å². The molecule has 6 heteroatoms. The zero-order valence-corrected chi connectivity index (χ0v) is 9.19. The van der Waals surface area contributed by atoms with Gasteiger partial charge in [-0.05, 0) is 13.8 Å². The number of aliphatic hydroxyl groups is 1. The van der Waals surface area contributed by atoms with Gasteiger partial charge in [-0.25, -0.2) is 0 Å². The van der Waals surface area contributed by atoms with Gasteiger partial charge in [0, 0.05) is 11.3 Å². The zero-order valence-electron chi connectivity index (χ0n) is 8.38. The van der Waals surface area contributed by atoms with Crippen molar-refractivity contribution in [2.75, 3.05) is 0 Å². The highest BCUT2D eigenvalue weighted by atomic mass is 32.2. The second-order valence-corrected chi connectivity index (χ2v) is 4.93. The predicted molar refractivity (Wildman–Crippen MR) is 52.2 cm³/mol. The first-order valence-corrected chi connectivity index (χ1v) is 5.26. The molecule has 86 valence electrons. The third kappa shape index (κ3) is 4.52. The fraction of sp³-hybridized carbons (Fsp3) is 1.00. The smallest absolute Gasteiger partial charge is 0.392 e. The maximum atomic E-state index is 12.4. The van der Waals surface area contributed by atoms with Crippen molar-refractivity contribution in [1.82, 2.24) is 0 Å². The van der Waals surface area contributed by atoms with Gasteiger partial charge in [0.15, 0.2) is 0 Å². The number of thioether (sulfide) groups is 1. The highest BCUT2D eigenvalue weighted by molar-refractivity contribution is 8.00. The highest BCUT2D eigenvalue weighted by Gasteiger charge is 2.43. The molecule has 0 aromatic carbocycles. The van der Waals surface area contributed by atoms with E-state index in [0.29, 0.717) is 11.8 Å². The van der Waals surface area contributed by atoms with E-state index in [4.69, 9.17) is 10.8 Å². The Kier molecular flexibility index (Phi) is 5.25. The van der Waals surface area contributed by atoms with Crippen LogP contribution in [0.5, 0.6) is 0 Å². The molecule has 0 amide bonds. The van der Waals surface area contributed by atoms with Gasteiger partial charge in [-0.2, -0.15) is 13.2 Å². The number of hydrogen-bond acceptors (Lipinski definition) is 3. The molecular weight excluding hydrogens is 215 g/mol. The Bertz CT molecular complexity index is 172. The van der Waals surface area contributed by atoms with Crippen molar-refractivity contribution in [2.24, 2.45) is 5.73 Å². The molecule has 14 heavy (non-hydrogen) atoms. The minimum absolute atomic E-state index is 0.479. The Balaban J connectivity index is 4.40. The van der Waals surface area contributed by atoms with E-state index >= 15 is 0 Å². The standard InChI is InChI=1S/C8H16F3NOS/c1-4(12)7(8(9,10)11)14-6(3)5(2)13/h4-7,13H,12H2,1-3H3. The first-order chi connectivity index (χ1) is 6.16. The molecule has 0 fully saturated rings. The summed E-state index contributed by atoms with van der Waals surface area (Å²) in [6.07, 6.45) is -5.09. The van der Waals surface area contributed by atoms with Crippen LogP contribution in [0, 0.1) is 0 Å². The maximum Gasteiger partial charge on any atom is 0.402 e. The lowest BCUT2D eigenvalue weighted by molar-refractivity contribution is -0.131. The van der Waals surface area contributed by atoms with Crippen LogP contribution < -0.4 is 5.73 Å². The molecule has 0 aliphatic heterocycles. The van der Waals surface area contributed by atoms with E-state index in [1.807, 2.05) is 0 Å². The van der Waals surface area contributed by atoms with E-state index in [2.05, 4.69) is 0 Å². The third-order valence-corrected chi connectivity index (χ3v) is 3.65. The SMILES string of the molecule is CC(N)C(SC(C)C(C)O)C(F)(F)F. The highest BCUT2D eigenvalue weighted by Crippen LogP contribution is 2.35. The topological polar surface area (TPSA) is 46.2 Å². The largest absolute Gasteiger partial charge is 0.402 e. The van der Waals surface area contributed by atoms with Gasteiger partial charge in [0.1, 0.15) is 5.25 Å². The van der Waals surface area contributed by atoms with Gasteiger partial charge in [0.05, 0.1) is 6.10 Å². The molecule has 4 unspecified atom stereocenters. The number of rotatable bonds is 4. The Morgan fingerprint density at radius 1 is 1.21 bits per heavy atom. The summed E-state index contributed by atoms with van der Waals surface area (Å²) in [4.78, 5) is 0. The minimum Gasteiger partial charge on any atom is -0.392 e. The molecule has 0 aliphatic rings. The van der Waals surface area contributed by atoms with E-state index in [-0.39, 0.29) is 0 Å². The lowest BCUT2D eigenvalue weighted by Crippen LogP contribution is -2.42. The summed E-state index contributed by atoms with van der Waals surface area (Å²) < 4.78 is 37.2. The molecule has 0 heterocycles. The molecule has 0 bridgehead atoms. The number of alkyl halides is 3. The first kappa shape index (κ1) is 14.1. The molecular formula is C8H16F3NOS. The molecule has 0 aromatic rings. The average Bonchev–Trinajstić information content (AvgIpc) is 1.96. The molecule has 0 aliphatic carbocycles. The number of nitrogens with two attached hydrogens (primary N) is 1. The molecule has 2 nitrogen and oxygen atoms in total. The van der Waals surface area contributed by atoms with Crippen LogP contribution in [0.1, 0.15) is 20.8 Å². The van der Waals surface area contributed by atoms with Gasteiger partial charge in [0.25, 0.3) is 0 Å². The van der Waals surface area contributed by atoms with Crippen molar-refractivity contribution >= 4 is 11.8 Å². The molecule has 0 saturated heterocycles. The van der Waals surface area contributed by atoms with E-state index in [9.17, 15) is 13.2 Å². The fourth-order valence-corrected chi connectivity index (χ4v) is 1.94. The minimum atomic E-state index is -4.32. The molecule has 0 radical (unpaired) electrons. The normalized spacial score (nSPS) is 21.4. The number of halogens is 3. The fourth-order valence-electron chi connectivity index (χ4n) is 0.844. The van der Waals surface area contributed by atoms with Crippen LogP contribution in [-0.4, -0.2) is 33.9 Å². The van der Waals surface area contributed by atoms with Gasteiger partial charge in [-0.3, -0.25) is 0 Å². The Morgan fingerprint density at radius 3 is 1.86 bits per heavy atom. The predicted octanol–water partition coefficient (Wildman–Crippen LogP) is 1.77. The maximum absolute atomic E-state index is 12.4. The summed E-state index contributed by atoms with van der Waals surface area (Å²) in [7, 11) is 0. The summed E-state index contributed by atoms with van der Waals surface area (Å²) in [5.41, 5.74) is 5.25. The molecule has 3 N–H and O–H groups in total. The van der Waals surface area contributed by atoms with E-state index in [0.717, 1.165) is 0 Å². The van der Waals surface area contributed by atoms with Crippen molar-refractivity contribution in [1.29, 1.82) is 0 Å². The summed E-state index contributed by atoms with van der Waals surface area (Å²) in [5.74, 6) is 0. The van der Waals surface area contributed by atoms with Crippen molar-refractivity contribution < 1.29 is 18.3 Å². The van der Waals surface area contributed by atoms with Crippen molar-refractivity contribution in [3.05, 3.63) is 0 Å². The Hall–Kier alpha value is 0.0600. The van der Waals surface area contributed by atoms with E-state index < -0.39 is 28.8 Å². The first-order valence-electron chi connectivity index (χ1n) is 4.32. The van der Waals surface area contributed by atoms with Crippen molar-refractivity contribution in [2.45, 2.75) is 49.6 Å². The van der Waals surface area contributed by atoms with Gasteiger partial charge in [-0.1, -0.05) is 6.92 Å². The molecule has 0 spiro atoms. The van der Waals surface area contributed by atoms with Crippen LogP contribution in [0.3, 0.4) is 0 Å². The quantitative estimate of drug-likeness (QED) is 0.775. The summed E-state index contributed by atoms with van der Waals surface area (Å²) in [6.45, 7) is 4.34. The molecule has 0 rings (SSSR count). The van der Waals surface area contributed by atoms with Crippen LogP contribution in [0.15, 0.2) is 0 Å². The Morgan fingerprint density at radius 2 is 1.64 bits per heavy atom. The van der Waals surface area contributed by atoms with Gasteiger partial charge in [0.2, 0.25) is 0 Å². The Labute approximate surface area is 86.0 Å². The van der Waals surface area contributed by atoms with Crippen LogP contribution in [0.2, 0.25) is 0 Å². The van der Waals surface area contributed by atoms with Crippen molar-refractivity contribution in [3.63, 3.8) is 0 Å². The third-order valence-electron chi connectivity index (χ3n) is 1.84.